The predicted octanol–water partition coefficient (Wildman–Crippen LogP) is 5.20. The van der Waals surface area contributed by atoms with Crippen molar-refractivity contribution >= 4 is 16.5 Å². The van der Waals surface area contributed by atoms with E-state index in [2.05, 4.69) is 73.2 Å². The number of fused-ring (bicyclic) bond motifs is 5. The zero-order valence-corrected chi connectivity index (χ0v) is 16.4. The molecule has 2 aromatic carbocycles. The van der Waals surface area contributed by atoms with Gasteiger partial charge in [0.25, 0.3) is 0 Å². The molecule has 0 saturated carbocycles. The van der Waals surface area contributed by atoms with Gasteiger partial charge in [-0.05, 0) is 36.6 Å². The van der Waals surface area contributed by atoms with E-state index in [0.717, 1.165) is 12.8 Å². The van der Waals surface area contributed by atoms with Crippen LogP contribution in [0, 0.1) is 13.0 Å². The maximum Gasteiger partial charge on any atom is 0.0516 e. The zero-order valence-electron chi connectivity index (χ0n) is 14.0. The van der Waals surface area contributed by atoms with Crippen LogP contribution >= 0.6 is 0 Å². The topological polar surface area (TPSA) is 4.93 Å². The molecule has 0 bridgehead atoms. The monoisotopic (exact) mass is 386 g/mol. The summed E-state index contributed by atoms with van der Waals surface area (Å²) in [4.78, 5) is 0. The molecular weight excluding hydrogens is 369 g/mol. The summed E-state index contributed by atoms with van der Waals surface area (Å²) in [6.07, 6.45) is 9.85. The number of aromatic nitrogens is 1. The van der Waals surface area contributed by atoms with E-state index in [1.807, 2.05) is 0 Å². The smallest absolute Gasteiger partial charge is 0.0516 e. The number of allylic oxidation sites excluding steroid dienone is 4. The summed E-state index contributed by atoms with van der Waals surface area (Å²) >= 11 is 0. The number of rotatable bonds is 1. The van der Waals surface area contributed by atoms with E-state index in [1.54, 1.807) is 0 Å². The molecule has 1 aromatic heterocycles. The summed E-state index contributed by atoms with van der Waals surface area (Å²) in [7, 11) is 2.19. The maximum atomic E-state index is 3.48. The van der Waals surface area contributed by atoms with E-state index in [-0.39, 0.29) is 26.2 Å². The second kappa shape index (κ2) is 5.71. The minimum Gasteiger partial charge on any atom is -0.343 e. The molecule has 0 spiro atoms. The van der Waals surface area contributed by atoms with Gasteiger partial charge in [-0.25, -0.2) is 0 Å². The molecule has 2 aliphatic rings. The van der Waals surface area contributed by atoms with Crippen LogP contribution in [0.1, 0.15) is 28.7 Å². The summed E-state index contributed by atoms with van der Waals surface area (Å²) in [5, 5.41) is 1.41. The number of aryl methyl sites for hydroxylation is 2. The summed E-state index contributed by atoms with van der Waals surface area (Å²) in [6, 6.07) is 13.5. The number of hydrogen-bond donors (Lipinski definition) is 0. The fourth-order valence-electron chi connectivity index (χ4n) is 4.17. The van der Waals surface area contributed by atoms with Crippen molar-refractivity contribution < 1.29 is 26.2 Å². The number of benzene rings is 2. The Kier molecular flexibility index (Phi) is 3.77. The van der Waals surface area contributed by atoms with Gasteiger partial charge in [-0.1, -0.05) is 35.7 Å². The molecule has 0 radical (unpaired) electrons. The van der Waals surface area contributed by atoms with Crippen molar-refractivity contribution in [2.75, 3.05) is 0 Å². The fourth-order valence-corrected chi connectivity index (χ4v) is 4.17. The van der Waals surface area contributed by atoms with E-state index in [9.17, 15) is 0 Å². The molecule has 0 atom stereocenters. The standard InChI is InChI=1S/C22H18N.Zr/c1-14-10-11-21-19(12-14)20-13-18-16(15-6-3-4-7-15)8-5-9-17(18)22(20)23(21)2;/h3,5-6,8-12H,4,13H2,1-2H3;/q-1;. The normalized spacial score (nSPS) is 14.5. The summed E-state index contributed by atoms with van der Waals surface area (Å²) in [6.45, 7) is 2.18. The van der Waals surface area contributed by atoms with Gasteiger partial charge < -0.3 is 4.57 Å². The molecule has 0 amide bonds. The van der Waals surface area contributed by atoms with Crippen molar-refractivity contribution in [2.24, 2.45) is 7.05 Å². The first-order valence-electron chi connectivity index (χ1n) is 8.22. The molecule has 2 heteroatoms. The van der Waals surface area contributed by atoms with Crippen LogP contribution in [0.4, 0.5) is 0 Å². The van der Waals surface area contributed by atoms with Crippen LogP contribution in [0.25, 0.3) is 27.7 Å². The molecule has 0 fully saturated rings. The average Bonchev–Trinajstić information content (AvgIpc) is 3.25. The van der Waals surface area contributed by atoms with Crippen LogP contribution in [-0.2, 0) is 39.7 Å². The van der Waals surface area contributed by atoms with Crippen LogP contribution in [-0.4, -0.2) is 4.57 Å². The van der Waals surface area contributed by atoms with Crippen molar-refractivity contribution in [3.05, 3.63) is 76.9 Å². The Morgan fingerprint density at radius 2 is 1.88 bits per heavy atom. The minimum atomic E-state index is 0. The second-order valence-corrected chi connectivity index (χ2v) is 6.61. The summed E-state index contributed by atoms with van der Waals surface area (Å²) in [5.74, 6) is 0. The molecule has 0 unspecified atom stereocenters. The largest absolute Gasteiger partial charge is 0.343 e. The van der Waals surface area contributed by atoms with Crippen LogP contribution < -0.4 is 0 Å². The Labute approximate surface area is 161 Å². The third kappa shape index (κ3) is 2.09. The van der Waals surface area contributed by atoms with Gasteiger partial charge in [-0.3, -0.25) is 0 Å². The third-order valence-electron chi connectivity index (χ3n) is 5.23. The fraction of sp³-hybridized carbons (Fsp3) is 0.182. The van der Waals surface area contributed by atoms with Gasteiger partial charge >= 0.3 is 0 Å². The van der Waals surface area contributed by atoms with E-state index >= 15 is 0 Å². The van der Waals surface area contributed by atoms with Gasteiger partial charge in [0.05, 0.1) is 5.69 Å². The van der Waals surface area contributed by atoms with E-state index in [0.29, 0.717) is 0 Å². The number of hydrogen-bond acceptors (Lipinski definition) is 0. The maximum absolute atomic E-state index is 3.48. The van der Waals surface area contributed by atoms with E-state index in [4.69, 9.17) is 0 Å². The SMILES string of the molecule is Cc1ccc2c(c1)c1c(n2C)-c2cccc(C3=[C-]CC=C3)c2C1.[Zr]. The second-order valence-electron chi connectivity index (χ2n) is 6.61. The molecule has 0 saturated heterocycles. The molecule has 24 heavy (non-hydrogen) atoms. The van der Waals surface area contributed by atoms with Gasteiger partial charge in [-0.15, -0.1) is 17.7 Å². The Hall–Kier alpha value is -1.66. The molecule has 1 heterocycles. The molecule has 0 N–H and O–H groups in total. The van der Waals surface area contributed by atoms with Crippen LogP contribution in [0.5, 0.6) is 0 Å². The molecule has 3 aromatic rings. The molecular formula is C22H18NZr-. The van der Waals surface area contributed by atoms with Crippen molar-refractivity contribution in [2.45, 2.75) is 19.8 Å². The van der Waals surface area contributed by atoms with E-state index < -0.39 is 0 Å². The summed E-state index contributed by atoms with van der Waals surface area (Å²) < 4.78 is 2.36. The summed E-state index contributed by atoms with van der Waals surface area (Å²) in [5.41, 5.74) is 11.0. The molecule has 116 valence electrons. The zero-order chi connectivity index (χ0) is 15.6. The van der Waals surface area contributed by atoms with Crippen molar-refractivity contribution in [1.29, 1.82) is 0 Å². The molecule has 2 aliphatic carbocycles. The van der Waals surface area contributed by atoms with Gasteiger partial charge in [-0.2, -0.15) is 17.7 Å². The Balaban J connectivity index is 0.00000146. The van der Waals surface area contributed by atoms with Gasteiger partial charge in [0.15, 0.2) is 0 Å². The predicted molar refractivity (Wildman–Crippen MR) is 96.3 cm³/mol. The van der Waals surface area contributed by atoms with Gasteiger partial charge in [0.1, 0.15) is 0 Å². The van der Waals surface area contributed by atoms with E-state index in [1.165, 1.54) is 50.0 Å². The molecule has 5 rings (SSSR count). The van der Waals surface area contributed by atoms with Crippen LogP contribution in [0.15, 0.2) is 48.6 Å². The van der Waals surface area contributed by atoms with Crippen LogP contribution in [0.2, 0.25) is 0 Å². The molecule has 1 nitrogen and oxygen atoms in total. The third-order valence-corrected chi connectivity index (χ3v) is 5.23. The Morgan fingerprint density at radius 1 is 1.04 bits per heavy atom. The van der Waals surface area contributed by atoms with Crippen LogP contribution in [0.3, 0.4) is 0 Å². The Morgan fingerprint density at radius 3 is 2.67 bits per heavy atom. The van der Waals surface area contributed by atoms with Gasteiger partial charge in [0.2, 0.25) is 0 Å². The van der Waals surface area contributed by atoms with Gasteiger partial charge in [0, 0.05) is 44.2 Å². The van der Waals surface area contributed by atoms with Crippen molar-refractivity contribution in [3.63, 3.8) is 0 Å². The quantitative estimate of drug-likeness (QED) is 0.396. The first kappa shape index (κ1) is 15.8. The van der Waals surface area contributed by atoms with Crippen molar-refractivity contribution in [3.8, 4) is 11.3 Å². The molecule has 0 aliphatic heterocycles. The first-order valence-corrected chi connectivity index (χ1v) is 8.22. The Bertz CT molecular complexity index is 1030. The van der Waals surface area contributed by atoms with Crippen molar-refractivity contribution in [1.82, 2.24) is 4.57 Å². The minimum absolute atomic E-state index is 0. The number of nitrogens with zero attached hydrogens (tertiary/aromatic N) is 1. The average molecular weight is 388 g/mol. The first-order chi connectivity index (χ1) is 11.2.